The Morgan fingerprint density at radius 2 is 1.58 bits per heavy atom. The van der Waals surface area contributed by atoms with Crippen LogP contribution < -0.4 is 16.2 Å². The Balaban J connectivity index is 1.88. The average molecular weight is 317 g/mol. The van der Waals surface area contributed by atoms with E-state index in [4.69, 9.17) is 20.6 Å². The molecule has 0 spiro atoms. The second-order valence-electron chi connectivity index (χ2n) is 5.34. The van der Waals surface area contributed by atoms with Crippen LogP contribution in [0.25, 0.3) is 22.6 Å². The molecule has 3 aromatic carbocycles. The van der Waals surface area contributed by atoms with Gasteiger partial charge in [-0.15, -0.1) is 0 Å². The number of nitrogen functional groups attached to an aromatic ring is 2. The molecule has 0 atom stereocenters. The first-order valence-electron chi connectivity index (χ1n) is 7.49. The number of nitrogens with two attached hydrogens (primary N) is 2. The summed E-state index contributed by atoms with van der Waals surface area (Å²) < 4.78 is 11.8. The fraction of sp³-hybridized carbons (Fsp3) is 0. The van der Waals surface area contributed by atoms with Gasteiger partial charge in [-0.25, -0.2) is 4.98 Å². The molecular weight excluding hydrogens is 302 g/mol. The van der Waals surface area contributed by atoms with Crippen LogP contribution in [-0.2, 0) is 0 Å². The summed E-state index contributed by atoms with van der Waals surface area (Å²) in [6.45, 7) is 0. The van der Waals surface area contributed by atoms with E-state index in [1.165, 1.54) is 0 Å². The Kier molecular flexibility index (Phi) is 3.31. The van der Waals surface area contributed by atoms with Gasteiger partial charge in [0, 0.05) is 0 Å². The van der Waals surface area contributed by atoms with Crippen LogP contribution in [0.5, 0.6) is 11.5 Å². The molecule has 4 aromatic rings. The third-order valence-corrected chi connectivity index (χ3v) is 3.72. The lowest BCUT2D eigenvalue weighted by Gasteiger charge is -2.12. The van der Waals surface area contributed by atoms with Gasteiger partial charge in [-0.3, -0.25) is 0 Å². The Bertz CT molecular complexity index is 977. The molecule has 24 heavy (non-hydrogen) atoms. The second kappa shape index (κ2) is 5.62. The molecule has 4 N–H and O–H groups in total. The molecular formula is C19H15N3O2. The van der Waals surface area contributed by atoms with Gasteiger partial charge in [-0.1, -0.05) is 30.3 Å². The first-order chi connectivity index (χ1) is 11.7. The van der Waals surface area contributed by atoms with Crippen LogP contribution in [0.15, 0.2) is 71.1 Å². The molecule has 1 aromatic heterocycles. The number of oxazole rings is 1. The van der Waals surface area contributed by atoms with Crippen molar-refractivity contribution in [1.29, 1.82) is 0 Å². The molecule has 5 nitrogen and oxygen atoms in total. The zero-order valence-corrected chi connectivity index (χ0v) is 12.8. The van der Waals surface area contributed by atoms with E-state index in [2.05, 4.69) is 4.98 Å². The number of para-hydroxylation sites is 3. The Labute approximate surface area is 138 Å². The monoisotopic (exact) mass is 317 g/mol. The second-order valence-corrected chi connectivity index (χ2v) is 5.34. The van der Waals surface area contributed by atoms with Crippen molar-refractivity contribution >= 4 is 22.5 Å². The molecule has 0 amide bonds. The minimum absolute atomic E-state index is 0.381. The lowest BCUT2D eigenvalue weighted by atomic mass is 10.1. The molecule has 0 aliphatic heterocycles. The van der Waals surface area contributed by atoms with E-state index in [0.29, 0.717) is 39.9 Å². The topological polar surface area (TPSA) is 87.3 Å². The predicted molar refractivity (Wildman–Crippen MR) is 94.8 cm³/mol. The molecule has 0 radical (unpaired) electrons. The molecule has 0 saturated carbocycles. The lowest BCUT2D eigenvalue weighted by molar-refractivity contribution is 0.482. The maximum absolute atomic E-state index is 6.19. The highest BCUT2D eigenvalue weighted by Gasteiger charge is 2.19. The van der Waals surface area contributed by atoms with Crippen LogP contribution in [0.1, 0.15) is 0 Å². The van der Waals surface area contributed by atoms with E-state index in [-0.39, 0.29) is 0 Å². The highest BCUT2D eigenvalue weighted by atomic mass is 16.5. The van der Waals surface area contributed by atoms with E-state index in [1.807, 2.05) is 54.6 Å². The summed E-state index contributed by atoms with van der Waals surface area (Å²) in [5, 5.41) is 0. The maximum Gasteiger partial charge on any atom is 0.233 e. The van der Waals surface area contributed by atoms with Gasteiger partial charge in [-0.05, 0) is 36.4 Å². The van der Waals surface area contributed by atoms with Crippen LogP contribution >= 0.6 is 0 Å². The van der Waals surface area contributed by atoms with Gasteiger partial charge in [0.25, 0.3) is 0 Å². The van der Waals surface area contributed by atoms with Gasteiger partial charge < -0.3 is 20.6 Å². The van der Waals surface area contributed by atoms with Crippen molar-refractivity contribution < 1.29 is 9.15 Å². The zero-order chi connectivity index (χ0) is 16.5. The van der Waals surface area contributed by atoms with Crippen molar-refractivity contribution in [3.8, 4) is 23.0 Å². The fourth-order valence-electron chi connectivity index (χ4n) is 2.52. The summed E-state index contributed by atoms with van der Waals surface area (Å²) >= 11 is 0. The summed E-state index contributed by atoms with van der Waals surface area (Å²) in [7, 11) is 0. The van der Waals surface area contributed by atoms with Crippen molar-refractivity contribution in [2.75, 3.05) is 11.5 Å². The predicted octanol–water partition coefficient (Wildman–Crippen LogP) is 4.45. The largest absolute Gasteiger partial charge is 0.456 e. The Morgan fingerprint density at radius 3 is 2.38 bits per heavy atom. The van der Waals surface area contributed by atoms with Crippen LogP contribution in [-0.4, -0.2) is 4.98 Å². The van der Waals surface area contributed by atoms with E-state index < -0.39 is 0 Å². The summed E-state index contributed by atoms with van der Waals surface area (Å²) in [4.78, 5) is 4.50. The third kappa shape index (κ3) is 2.42. The minimum atomic E-state index is 0.381. The molecule has 5 heteroatoms. The van der Waals surface area contributed by atoms with Gasteiger partial charge in [0.15, 0.2) is 5.58 Å². The number of benzene rings is 3. The molecule has 0 aliphatic rings. The van der Waals surface area contributed by atoms with Crippen molar-refractivity contribution in [2.24, 2.45) is 0 Å². The molecule has 4 rings (SSSR count). The molecule has 1 heterocycles. The number of fused-ring (bicyclic) bond motifs is 1. The average Bonchev–Trinajstić information content (AvgIpc) is 3.03. The first-order valence-corrected chi connectivity index (χ1v) is 7.49. The van der Waals surface area contributed by atoms with E-state index in [0.717, 1.165) is 5.52 Å². The molecule has 118 valence electrons. The van der Waals surface area contributed by atoms with E-state index >= 15 is 0 Å². The number of hydrogen-bond acceptors (Lipinski definition) is 5. The number of aromatic nitrogens is 1. The fourth-order valence-corrected chi connectivity index (χ4v) is 2.52. The van der Waals surface area contributed by atoms with E-state index in [9.17, 15) is 0 Å². The normalized spacial score (nSPS) is 10.8. The van der Waals surface area contributed by atoms with Gasteiger partial charge in [0.1, 0.15) is 22.6 Å². The van der Waals surface area contributed by atoms with Gasteiger partial charge in [0.05, 0.1) is 11.4 Å². The Hall–Kier alpha value is -3.47. The summed E-state index contributed by atoms with van der Waals surface area (Å²) in [6.07, 6.45) is 0. The minimum Gasteiger partial charge on any atom is -0.456 e. The van der Waals surface area contributed by atoms with Crippen LogP contribution in [0.4, 0.5) is 11.4 Å². The highest BCUT2D eigenvalue weighted by molar-refractivity contribution is 5.88. The highest BCUT2D eigenvalue weighted by Crippen LogP contribution is 2.41. The summed E-state index contributed by atoms with van der Waals surface area (Å²) in [5.41, 5.74) is 15.0. The molecule has 0 fully saturated rings. The van der Waals surface area contributed by atoms with Crippen molar-refractivity contribution in [2.45, 2.75) is 0 Å². The standard InChI is InChI=1S/C19H15N3O2/c20-13-10-11-16(23-12-6-2-1-3-7-12)17(18(13)21)19-22-14-8-4-5-9-15(14)24-19/h1-11H,20-21H2. The third-order valence-electron chi connectivity index (χ3n) is 3.72. The first kappa shape index (κ1) is 14.1. The molecule has 0 aliphatic carbocycles. The van der Waals surface area contributed by atoms with Gasteiger partial charge in [0.2, 0.25) is 5.89 Å². The van der Waals surface area contributed by atoms with Gasteiger partial charge in [-0.2, -0.15) is 0 Å². The summed E-state index contributed by atoms with van der Waals surface area (Å²) in [5.74, 6) is 1.62. The number of hydrogen-bond donors (Lipinski definition) is 2. The van der Waals surface area contributed by atoms with Crippen LogP contribution in [0.2, 0.25) is 0 Å². The van der Waals surface area contributed by atoms with Crippen molar-refractivity contribution in [3.63, 3.8) is 0 Å². The number of anilines is 2. The van der Waals surface area contributed by atoms with Crippen molar-refractivity contribution in [1.82, 2.24) is 4.98 Å². The smallest absolute Gasteiger partial charge is 0.233 e. The lowest BCUT2D eigenvalue weighted by Crippen LogP contribution is -1.99. The molecule has 0 bridgehead atoms. The maximum atomic E-state index is 6.19. The summed E-state index contributed by atoms with van der Waals surface area (Å²) in [6, 6.07) is 20.4. The number of rotatable bonds is 3. The number of nitrogens with zero attached hydrogens (tertiary/aromatic N) is 1. The van der Waals surface area contributed by atoms with E-state index in [1.54, 1.807) is 12.1 Å². The Morgan fingerprint density at radius 1 is 0.833 bits per heavy atom. The van der Waals surface area contributed by atoms with Crippen LogP contribution in [0, 0.1) is 0 Å². The van der Waals surface area contributed by atoms with Crippen molar-refractivity contribution in [3.05, 3.63) is 66.7 Å². The van der Waals surface area contributed by atoms with Gasteiger partial charge >= 0.3 is 0 Å². The van der Waals surface area contributed by atoms with Crippen LogP contribution in [0.3, 0.4) is 0 Å². The quantitative estimate of drug-likeness (QED) is 0.545. The molecule has 0 unspecified atom stereocenters. The zero-order valence-electron chi connectivity index (χ0n) is 12.8. The molecule has 0 saturated heterocycles. The number of ether oxygens (including phenoxy) is 1. The SMILES string of the molecule is Nc1ccc(Oc2ccccc2)c(-c2nc3ccccc3o2)c1N.